The molecule has 0 aliphatic rings. The van der Waals surface area contributed by atoms with Crippen molar-refractivity contribution < 1.29 is 9.59 Å². The first-order valence-electron chi connectivity index (χ1n) is 7.75. The third kappa shape index (κ3) is 4.78. The molecule has 0 unspecified atom stereocenters. The normalized spacial score (nSPS) is 10.3. The molecule has 0 fully saturated rings. The fraction of sp³-hybridized carbons (Fsp3) is 0.0556. The van der Waals surface area contributed by atoms with Crippen molar-refractivity contribution in [2.24, 2.45) is 0 Å². The maximum atomic E-state index is 12.6. The summed E-state index contributed by atoms with van der Waals surface area (Å²) in [5.74, 6) is -0.742. The molecule has 2 heterocycles. The average Bonchev–Trinajstić information content (AvgIpc) is 2.65. The fourth-order valence-corrected chi connectivity index (χ4v) is 2.42. The highest BCUT2D eigenvalue weighted by Gasteiger charge is 2.17. The Balaban J connectivity index is 1.83. The van der Waals surface area contributed by atoms with Gasteiger partial charge in [-0.05, 0) is 42.8 Å². The number of benzene rings is 1. The zero-order valence-electron chi connectivity index (χ0n) is 14.0. The Labute approximate surface area is 164 Å². The number of aromatic nitrogens is 3. The number of carbonyl (C=O) groups excluding carboxylic acids is 2. The van der Waals surface area contributed by atoms with Crippen LogP contribution in [0.4, 0.5) is 11.5 Å². The lowest BCUT2D eigenvalue weighted by Gasteiger charge is -2.11. The van der Waals surface area contributed by atoms with Gasteiger partial charge in [0.2, 0.25) is 5.82 Å². The molecule has 2 amide bonds. The predicted molar refractivity (Wildman–Crippen MR) is 103 cm³/mol. The van der Waals surface area contributed by atoms with Gasteiger partial charge in [0.15, 0.2) is 0 Å². The number of rotatable bonds is 4. The van der Waals surface area contributed by atoms with Gasteiger partial charge < -0.3 is 10.6 Å². The monoisotopic (exact) mass is 401 g/mol. The van der Waals surface area contributed by atoms with Crippen molar-refractivity contribution in [2.75, 3.05) is 10.6 Å². The molecular weight excluding hydrogens is 389 g/mol. The van der Waals surface area contributed by atoms with Gasteiger partial charge in [-0.3, -0.25) is 9.59 Å². The van der Waals surface area contributed by atoms with Crippen LogP contribution in [0.3, 0.4) is 0 Å². The van der Waals surface area contributed by atoms with Gasteiger partial charge in [0.05, 0.1) is 16.3 Å². The topological polar surface area (TPSA) is 96.9 Å². The lowest BCUT2D eigenvalue weighted by atomic mass is 10.1. The third-order valence-corrected chi connectivity index (χ3v) is 3.89. The molecule has 0 aliphatic carbocycles. The summed E-state index contributed by atoms with van der Waals surface area (Å²) < 4.78 is 0. The van der Waals surface area contributed by atoms with Crippen molar-refractivity contribution in [3.05, 3.63) is 75.9 Å². The van der Waals surface area contributed by atoms with Crippen LogP contribution in [0.15, 0.2) is 48.9 Å². The minimum absolute atomic E-state index is 0.0127. The van der Waals surface area contributed by atoms with Crippen molar-refractivity contribution in [1.29, 1.82) is 0 Å². The van der Waals surface area contributed by atoms with Gasteiger partial charge in [0.25, 0.3) is 11.8 Å². The lowest BCUT2D eigenvalue weighted by molar-refractivity contribution is 0.101. The van der Waals surface area contributed by atoms with Crippen molar-refractivity contribution in [3.8, 4) is 0 Å². The lowest BCUT2D eigenvalue weighted by Crippen LogP contribution is -2.20. The number of hydrogen-bond donors (Lipinski definition) is 2. The van der Waals surface area contributed by atoms with E-state index in [0.29, 0.717) is 15.9 Å². The summed E-state index contributed by atoms with van der Waals surface area (Å²) in [5.41, 5.74) is 1.26. The summed E-state index contributed by atoms with van der Waals surface area (Å²) in [6.45, 7) is 1.81. The Morgan fingerprint density at radius 1 is 0.852 bits per heavy atom. The Hall–Kier alpha value is -3.03. The molecule has 136 valence electrons. The molecule has 0 atom stereocenters. The molecule has 9 heteroatoms. The molecule has 2 aromatic heterocycles. The van der Waals surface area contributed by atoms with Crippen LogP contribution >= 0.6 is 23.2 Å². The van der Waals surface area contributed by atoms with Gasteiger partial charge in [-0.25, -0.2) is 15.0 Å². The summed E-state index contributed by atoms with van der Waals surface area (Å²) >= 11 is 11.8. The first kappa shape index (κ1) is 18.8. The van der Waals surface area contributed by atoms with Gasteiger partial charge in [0.1, 0.15) is 5.82 Å². The SMILES string of the molecule is Cc1cnc(C(=O)Nc2ccc(Cl)cc2C(=O)Nc2ccc(Cl)cn2)nc1. The maximum Gasteiger partial charge on any atom is 0.293 e. The second kappa shape index (κ2) is 8.11. The molecule has 0 aliphatic heterocycles. The van der Waals surface area contributed by atoms with Crippen LogP contribution in [-0.2, 0) is 0 Å². The number of aryl methyl sites for hydroxylation is 1. The first-order chi connectivity index (χ1) is 12.9. The van der Waals surface area contributed by atoms with E-state index in [1.54, 1.807) is 18.2 Å². The molecule has 0 saturated heterocycles. The first-order valence-corrected chi connectivity index (χ1v) is 8.50. The summed E-state index contributed by atoms with van der Waals surface area (Å²) in [6.07, 6.45) is 4.47. The molecule has 2 N–H and O–H groups in total. The largest absolute Gasteiger partial charge is 0.318 e. The fourth-order valence-electron chi connectivity index (χ4n) is 2.13. The minimum Gasteiger partial charge on any atom is -0.318 e. The van der Waals surface area contributed by atoms with Crippen LogP contribution in [0.1, 0.15) is 26.5 Å². The summed E-state index contributed by atoms with van der Waals surface area (Å²) in [7, 11) is 0. The third-order valence-electron chi connectivity index (χ3n) is 3.43. The quantitative estimate of drug-likeness (QED) is 0.688. The average molecular weight is 402 g/mol. The van der Waals surface area contributed by atoms with E-state index >= 15 is 0 Å². The van der Waals surface area contributed by atoms with Crippen LogP contribution in [0.5, 0.6) is 0 Å². The molecule has 0 radical (unpaired) electrons. The Bertz CT molecular complexity index is 992. The zero-order chi connectivity index (χ0) is 19.4. The summed E-state index contributed by atoms with van der Waals surface area (Å²) in [6, 6.07) is 7.68. The van der Waals surface area contributed by atoms with Crippen LogP contribution in [0.2, 0.25) is 10.0 Å². The van der Waals surface area contributed by atoms with Crippen molar-refractivity contribution in [1.82, 2.24) is 15.0 Å². The Morgan fingerprint density at radius 3 is 2.22 bits per heavy atom. The summed E-state index contributed by atoms with van der Waals surface area (Å²) in [5, 5.41) is 6.04. The van der Waals surface area contributed by atoms with E-state index in [9.17, 15) is 9.59 Å². The van der Waals surface area contributed by atoms with Gasteiger partial charge >= 0.3 is 0 Å². The van der Waals surface area contributed by atoms with Crippen molar-refractivity contribution >= 4 is 46.5 Å². The maximum absolute atomic E-state index is 12.6. The molecular formula is C18H13Cl2N5O2. The second-order valence-electron chi connectivity index (χ2n) is 5.54. The van der Waals surface area contributed by atoms with E-state index < -0.39 is 11.8 Å². The van der Waals surface area contributed by atoms with E-state index in [-0.39, 0.29) is 17.1 Å². The highest BCUT2D eigenvalue weighted by molar-refractivity contribution is 6.31. The molecule has 27 heavy (non-hydrogen) atoms. The van der Waals surface area contributed by atoms with Crippen molar-refractivity contribution in [3.63, 3.8) is 0 Å². The van der Waals surface area contributed by atoms with Gasteiger partial charge in [-0.1, -0.05) is 23.2 Å². The van der Waals surface area contributed by atoms with E-state index in [1.807, 2.05) is 6.92 Å². The molecule has 0 spiro atoms. The van der Waals surface area contributed by atoms with E-state index in [1.165, 1.54) is 30.7 Å². The minimum atomic E-state index is -0.545. The van der Waals surface area contributed by atoms with Gasteiger partial charge in [-0.2, -0.15) is 0 Å². The van der Waals surface area contributed by atoms with E-state index in [2.05, 4.69) is 25.6 Å². The smallest absolute Gasteiger partial charge is 0.293 e. The summed E-state index contributed by atoms with van der Waals surface area (Å²) in [4.78, 5) is 36.9. The highest BCUT2D eigenvalue weighted by atomic mass is 35.5. The predicted octanol–water partition coefficient (Wildman–Crippen LogP) is 3.99. The van der Waals surface area contributed by atoms with Gasteiger partial charge in [0, 0.05) is 23.6 Å². The zero-order valence-corrected chi connectivity index (χ0v) is 15.5. The number of hydrogen-bond acceptors (Lipinski definition) is 5. The number of carbonyl (C=O) groups is 2. The number of anilines is 2. The van der Waals surface area contributed by atoms with Crippen LogP contribution in [0, 0.1) is 6.92 Å². The van der Waals surface area contributed by atoms with Crippen LogP contribution in [0.25, 0.3) is 0 Å². The highest BCUT2D eigenvalue weighted by Crippen LogP contribution is 2.22. The van der Waals surface area contributed by atoms with E-state index in [4.69, 9.17) is 23.2 Å². The van der Waals surface area contributed by atoms with Gasteiger partial charge in [-0.15, -0.1) is 0 Å². The van der Waals surface area contributed by atoms with Crippen molar-refractivity contribution in [2.45, 2.75) is 6.92 Å². The number of amides is 2. The molecule has 0 bridgehead atoms. The number of nitrogens with one attached hydrogen (secondary N) is 2. The Morgan fingerprint density at radius 2 is 1.56 bits per heavy atom. The molecule has 1 aromatic carbocycles. The molecule has 3 rings (SSSR count). The molecule has 7 nitrogen and oxygen atoms in total. The Kier molecular flexibility index (Phi) is 5.63. The second-order valence-corrected chi connectivity index (χ2v) is 6.42. The molecule has 3 aromatic rings. The van der Waals surface area contributed by atoms with E-state index in [0.717, 1.165) is 5.56 Å². The number of halogens is 2. The molecule has 0 saturated carbocycles. The number of pyridine rings is 1. The van der Waals surface area contributed by atoms with Crippen LogP contribution in [-0.4, -0.2) is 26.8 Å². The standard InChI is InChI=1S/C18H13Cl2N5O2/c1-10-7-22-16(23-8-10)18(27)24-14-4-2-11(19)6-13(14)17(26)25-15-5-3-12(20)9-21-15/h2-9H,1H3,(H,24,27)(H,21,25,26). The van der Waals surface area contributed by atoms with Crippen LogP contribution < -0.4 is 10.6 Å². The number of nitrogens with zero attached hydrogens (tertiary/aromatic N) is 3.